The highest BCUT2D eigenvalue weighted by molar-refractivity contribution is 7.98. The van der Waals surface area contributed by atoms with Crippen molar-refractivity contribution in [3.8, 4) is 0 Å². The fourth-order valence-corrected chi connectivity index (χ4v) is 1.33. The SMILES string of the molecule is CSc1nc(N)nc(Cl)c1N. The fraction of sp³-hybridized carbons (Fsp3) is 0.200. The number of aromatic nitrogens is 2. The Hall–Kier alpha value is -0.680. The normalized spacial score (nSPS) is 10.0. The second-order valence-electron chi connectivity index (χ2n) is 1.80. The Kier molecular flexibility index (Phi) is 2.41. The molecule has 60 valence electrons. The van der Waals surface area contributed by atoms with E-state index in [0.29, 0.717) is 10.7 Å². The molecule has 4 nitrogen and oxygen atoms in total. The Bertz CT molecular complexity index is 277. The highest BCUT2D eigenvalue weighted by Gasteiger charge is 2.06. The van der Waals surface area contributed by atoms with E-state index in [1.54, 1.807) is 0 Å². The first-order valence-electron chi connectivity index (χ1n) is 2.77. The van der Waals surface area contributed by atoms with Crippen molar-refractivity contribution < 1.29 is 0 Å². The number of thioether (sulfide) groups is 1. The van der Waals surface area contributed by atoms with Crippen LogP contribution in [-0.4, -0.2) is 16.2 Å². The highest BCUT2D eigenvalue weighted by Crippen LogP contribution is 2.26. The molecule has 0 aliphatic rings. The number of hydrogen-bond acceptors (Lipinski definition) is 5. The summed E-state index contributed by atoms with van der Waals surface area (Å²) in [4.78, 5) is 7.55. The van der Waals surface area contributed by atoms with E-state index in [1.807, 2.05) is 6.26 Å². The molecule has 0 aromatic carbocycles. The van der Waals surface area contributed by atoms with Crippen LogP contribution in [-0.2, 0) is 0 Å². The van der Waals surface area contributed by atoms with Gasteiger partial charge in [-0.15, -0.1) is 11.8 Å². The van der Waals surface area contributed by atoms with E-state index in [4.69, 9.17) is 23.1 Å². The molecule has 1 heterocycles. The van der Waals surface area contributed by atoms with Gasteiger partial charge in [0.25, 0.3) is 0 Å². The van der Waals surface area contributed by atoms with E-state index in [9.17, 15) is 0 Å². The van der Waals surface area contributed by atoms with Crippen molar-refractivity contribution in [2.45, 2.75) is 5.03 Å². The van der Waals surface area contributed by atoms with Gasteiger partial charge >= 0.3 is 0 Å². The number of nitrogens with zero attached hydrogens (tertiary/aromatic N) is 2. The lowest BCUT2D eigenvalue weighted by molar-refractivity contribution is 1.08. The van der Waals surface area contributed by atoms with Crippen molar-refractivity contribution in [3.05, 3.63) is 5.15 Å². The van der Waals surface area contributed by atoms with Gasteiger partial charge < -0.3 is 11.5 Å². The van der Waals surface area contributed by atoms with E-state index >= 15 is 0 Å². The van der Waals surface area contributed by atoms with Crippen molar-refractivity contribution >= 4 is 35.0 Å². The van der Waals surface area contributed by atoms with Gasteiger partial charge in [-0.1, -0.05) is 11.6 Å². The minimum Gasteiger partial charge on any atom is -0.394 e. The lowest BCUT2D eigenvalue weighted by Gasteiger charge is -2.02. The van der Waals surface area contributed by atoms with Crippen molar-refractivity contribution in [2.75, 3.05) is 17.7 Å². The van der Waals surface area contributed by atoms with E-state index in [-0.39, 0.29) is 11.1 Å². The van der Waals surface area contributed by atoms with Crippen LogP contribution in [0.25, 0.3) is 0 Å². The van der Waals surface area contributed by atoms with Crippen molar-refractivity contribution in [3.63, 3.8) is 0 Å². The monoisotopic (exact) mass is 190 g/mol. The molecule has 0 aliphatic carbocycles. The number of nitrogen functional groups attached to an aromatic ring is 2. The maximum atomic E-state index is 5.63. The minimum atomic E-state index is 0.147. The maximum absolute atomic E-state index is 5.63. The predicted molar refractivity (Wildman–Crippen MR) is 47.6 cm³/mol. The molecule has 0 aliphatic heterocycles. The average molecular weight is 191 g/mol. The molecule has 0 amide bonds. The van der Waals surface area contributed by atoms with Gasteiger partial charge in [-0.25, -0.2) is 4.98 Å². The van der Waals surface area contributed by atoms with Crippen LogP contribution in [0.5, 0.6) is 0 Å². The number of halogens is 1. The molecule has 1 aromatic heterocycles. The Morgan fingerprint density at radius 3 is 2.55 bits per heavy atom. The number of rotatable bonds is 1. The van der Waals surface area contributed by atoms with Gasteiger partial charge in [-0.3, -0.25) is 0 Å². The molecular weight excluding hydrogens is 184 g/mol. The molecule has 6 heteroatoms. The Labute approximate surface area is 73.3 Å². The highest BCUT2D eigenvalue weighted by atomic mass is 35.5. The summed E-state index contributed by atoms with van der Waals surface area (Å²) in [5.74, 6) is 0.147. The Balaban J connectivity index is 3.24. The van der Waals surface area contributed by atoms with Gasteiger partial charge in [-0.05, 0) is 6.26 Å². The maximum Gasteiger partial charge on any atom is 0.222 e. The smallest absolute Gasteiger partial charge is 0.222 e. The van der Waals surface area contributed by atoms with Crippen molar-refractivity contribution in [2.24, 2.45) is 0 Å². The van der Waals surface area contributed by atoms with Gasteiger partial charge in [-0.2, -0.15) is 4.98 Å². The molecule has 1 aromatic rings. The zero-order valence-electron chi connectivity index (χ0n) is 5.84. The van der Waals surface area contributed by atoms with Crippen molar-refractivity contribution in [1.29, 1.82) is 0 Å². The molecule has 0 spiro atoms. The van der Waals surface area contributed by atoms with Crippen LogP contribution in [0, 0.1) is 0 Å². The number of anilines is 2. The summed E-state index contributed by atoms with van der Waals surface area (Å²) in [6, 6.07) is 0. The van der Waals surface area contributed by atoms with Crippen LogP contribution in [0.15, 0.2) is 5.03 Å². The van der Waals surface area contributed by atoms with E-state index in [2.05, 4.69) is 9.97 Å². The molecule has 0 saturated carbocycles. The zero-order chi connectivity index (χ0) is 8.43. The summed E-state index contributed by atoms with van der Waals surface area (Å²) in [5, 5.41) is 0.823. The summed E-state index contributed by atoms with van der Waals surface area (Å²) >= 11 is 7.01. The van der Waals surface area contributed by atoms with Gasteiger partial charge in [0.15, 0.2) is 5.15 Å². The van der Waals surface area contributed by atoms with Crippen LogP contribution in [0.2, 0.25) is 5.15 Å². The topological polar surface area (TPSA) is 77.8 Å². The Morgan fingerprint density at radius 2 is 2.00 bits per heavy atom. The molecule has 11 heavy (non-hydrogen) atoms. The lowest BCUT2D eigenvalue weighted by Crippen LogP contribution is -2.01. The summed E-state index contributed by atoms with van der Waals surface area (Å²) in [7, 11) is 0. The molecule has 1 rings (SSSR count). The lowest BCUT2D eigenvalue weighted by atomic mass is 10.5. The standard InChI is InChI=1S/C5H7ClN4S/c1-11-4-2(7)3(6)9-5(8)10-4/h7H2,1H3,(H2,8,9,10). The second kappa shape index (κ2) is 3.15. The van der Waals surface area contributed by atoms with Gasteiger partial charge in [0, 0.05) is 0 Å². The quantitative estimate of drug-likeness (QED) is 0.511. The van der Waals surface area contributed by atoms with Gasteiger partial charge in [0.05, 0.1) is 0 Å². The first-order valence-corrected chi connectivity index (χ1v) is 4.38. The van der Waals surface area contributed by atoms with Crippen LogP contribution in [0.3, 0.4) is 0 Å². The third-order valence-corrected chi connectivity index (χ3v) is 2.06. The van der Waals surface area contributed by atoms with Crippen LogP contribution in [0.1, 0.15) is 0 Å². The molecule has 0 unspecified atom stereocenters. The van der Waals surface area contributed by atoms with E-state index in [0.717, 1.165) is 0 Å². The number of hydrogen-bond donors (Lipinski definition) is 2. The molecule has 0 bridgehead atoms. The molecular formula is C5H7ClN4S. The summed E-state index contributed by atoms with van der Waals surface area (Å²) in [5.41, 5.74) is 11.2. The van der Waals surface area contributed by atoms with Crippen LogP contribution >= 0.6 is 23.4 Å². The molecule has 0 fully saturated rings. The predicted octanol–water partition coefficient (Wildman–Crippen LogP) is 1.02. The van der Waals surface area contributed by atoms with Gasteiger partial charge in [0.2, 0.25) is 5.95 Å². The van der Waals surface area contributed by atoms with Crippen LogP contribution < -0.4 is 11.5 Å². The first-order chi connectivity index (χ1) is 5.15. The van der Waals surface area contributed by atoms with E-state index in [1.165, 1.54) is 11.8 Å². The van der Waals surface area contributed by atoms with Crippen LogP contribution in [0.4, 0.5) is 11.6 Å². The fourth-order valence-electron chi connectivity index (χ4n) is 0.594. The second-order valence-corrected chi connectivity index (χ2v) is 2.95. The zero-order valence-corrected chi connectivity index (χ0v) is 7.41. The minimum absolute atomic E-state index is 0.147. The molecule has 4 N–H and O–H groups in total. The molecule has 0 saturated heterocycles. The molecule has 0 atom stereocenters. The summed E-state index contributed by atoms with van der Waals surface area (Å²) < 4.78 is 0. The largest absolute Gasteiger partial charge is 0.394 e. The Morgan fingerprint density at radius 1 is 1.36 bits per heavy atom. The number of nitrogens with two attached hydrogens (primary N) is 2. The molecule has 0 radical (unpaired) electrons. The summed E-state index contributed by atoms with van der Waals surface area (Å²) in [6.45, 7) is 0. The van der Waals surface area contributed by atoms with Crippen molar-refractivity contribution in [1.82, 2.24) is 9.97 Å². The first kappa shape index (κ1) is 8.42. The average Bonchev–Trinajstić information content (AvgIpc) is 1.96. The van der Waals surface area contributed by atoms with E-state index < -0.39 is 0 Å². The third kappa shape index (κ3) is 1.66. The third-order valence-electron chi connectivity index (χ3n) is 1.07. The van der Waals surface area contributed by atoms with Gasteiger partial charge in [0.1, 0.15) is 10.7 Å². The summed E-state index contributed by atoms with van der Waals surface area (Å²) in [6.07, 6.45) is 1.84.